The Morgan fingerprint density at radius 3 is 2.76 bits per heavy atom. The summed E-state index contributed by atoms with van der Waals surface area (Å²) in [5, 5.41) is 1.08. The van der Waals surface area contributed by atoms with Crippen LogP contribution in [-0.4, -0.2) is 22.3 Å². The van der Waals surface area contributed by atoms with Crippen LogP contribution in [0.3, 0.4) is 0 Å². The van der Waals surface area contributed by atoms with Gasteiger partial charge in [-0.1, -0.05) is 24.3 Å². The minimum Gasteiger partial charge on any atom is -0.338 e. The van der Waals surface area contributed by atoms with Crippen LogP contribution < -0.4 is 0 Å². The molecular formula is C17H20N2OS. The lowest BCUT2D eigenvalue weighted by atomic mass is 9.99. The van der Waals surface area contributed by atoms with Gasteiger partial charge in [0.2, 0.25) is 5.91 Å². The summed E-state index contributed by atoms with van der Waals surface area (Å²) < 4.78 is 0. The standard InChI is InChI=1S/C17H20N2OS/c1-12-13(2)21-16(18-12)7-8-17(20)19-10-9-14-5-3-4-6-15(14)11-19/h3-6H,7-11H2,1-2H3. The van der Waals surface area contributed by atoms with E-state index in [1.54, 1.807) is 11.3 Å². The normalized spacial score (nSPS) is 14.1. The lowest BCUT2D eigenvalue weighted by Crippen LogP contribution is -2.36. The smallest absolute Gasteiger partial charge is 0.223 e. The van der Waals surface area contributed by atoms with Crippen molar-refractivity contribution in [2.75, 3.05) is 6.54 Å². The van der Waals surface area contributed by atoms with Gasteiger partial charge in [0.05, 0.1) is 10.7 Å². The molecule has 110 valence electrons. The quantitative estimate of drug-likeness (QED) is 0.871. The SMILES string of the molecule is Cc1nc(CCC(=O)N2CCc3ccccc3C2)sc1C. The fourth-order valence-corrected chi connectivity index (χ4v) is 3.66. The van der Waals surface area contributed by atoms with Crippen LogP contribution in [0, 0.1) is 13.8 Å². The first-order chi connectivity index (χ1) is 10.1. The number of hydrogen-bond acceptors (Lipinski definition) is 3. The number of rotatable bonds is 3. The van der Waals surface area contributed by atoms with Gasteiger partial charge in [-0.2, -0.15) is 0 Å². The summed E-state index contributed by atoms with van der Waals surface area (Å²) >= 11 is 1.71. The zero-order valence-corrected chi connectivity index (χ0v) is 13.4. The second-order valence-electron chi connectivity index (χ2n) is 5.58. The average molecular weight is 300 g/mol. The van der Waals surface area contributed by atoms with Crippen LogP contribution in [0.4, 0.5) is 0 Å². The van der Waals surface area contributed by atoms with Crippen molar-refractivity contribution in [3.63, 3.8) is 0 Å². The highest BCUT2D eigenvalue weighted by Crippen LogP contribution is 2.21. The van der Waals surface area contributed by atoms with E-state index in [2.05, 4.69) is 30.1 Å². The van der Waals surface area contributed by atoms with E-state index in [1.807, 2.05) is 17.9 Å². The molecular weight excluding hydrogens is 280 g/mol. The number of carbonyl (C=O) groups is 1. The highest BCUT2D eigenvalue weighted by Gasteiger charge is 2.20. The molecule has 2 heterocycles. The van der Waals surface area contributed by atoms with E-state index >= 15 is 0 Å². The van der Waals surface area contributed by atoms with Gasteiger partial charge in [0, 0.05) is 30.8 Å². The fourth-order valence-electron chi connectivity index (χ4n) is 2.73. The van der Waals surface area contributed by atoms with Crippen LogP contribution in [-0.2, 0) is 24.2 Å². The van der Waals surface area contributed by atoms with Crippen LogP contribution in [0.2, 0.25) is 0 Å². The Bertz CT molecular complexity index is 643. The Morgan fingerprint density at radius 1 is 1.29 bits per heavy atom. The van der Waals surface area contributed by atoms with Crippen molar-refractivity contribution >= 4 is 17.2 Å². The number of fused-ring (bicyclic) bond motifs is 1. The second-order valence-corrected chi connectivity index (χ2v) is 6.87. The number of hydrogen-bond donors (Lipinski definition) is 0. The van der Waals surface area contributed by atoms with E-state index in [0.717, 1.165) is 36.6 Å². The third-order valence-corrected chi connectivity index (χ3v) is 5.24. The highest BCUT2D eigenvalue weighted by atomic mass is 32.1. The van der Waals surface area contributed by atoms with E-state index in [-0.39, 0.29) is 5.91 Å². The molecule has 1 amide bonds. The molecule has 0 saturated heterocycles. The predicted octanol–water partition coefficient (Wildman–Crippen LogP) is 3.28. The molecule has 0 saturated carbocycles. The van der Waals surface area contributed by atoms with Crippen molar-refractivity contribution in [3.05, 3.63) is 51.0 Å². The highest BCUT2D eigenvalue weighted by molar-refractivity contribution is 7.11. The minimum absolute atomic E-state index is 0.245. The maximum atomic E-state index is 12.4. The molecule has 3 rings (SSSR count). The first-order valence-electron chi connectivity index (χ1n) is 7.41. The van der Waals surface area contributed by atoms with Crippen LogP contribution >= 0.6 is 11.3 Å². The van der Waals surface area contributed by atoms with Gasteiger partial charge in [0.15, 0.2) is 0 Å². The first-order valence-corrected chi connectivity index (χ1v) is 8.22. The number of benzene rings is 1. The number of aryl methyl sites for hydroxylation is 3. The molecule has 2 aromatic rings. The largest absolute Gasteiger partial charge is 0.338 e. The Balaban J connectivity index is 1.59. The minimum atomic E-state index is 0.245. The van der Waals surface area contributed by atoms with Gasteiger partial charge in [-0.3, -0.25) is 4.79 Å². The van der Waals surface area contributed by atoms with Crippen molar-refractivity contribution < 1.29 is 4.79 Å². The number of thiazole rings is 1. The molecule has 1 aromatic carbocycles. The van der Waals surface area contributed by atoms with Gasteiger partial charge < -0.3 is 4.90 Å². The van der Waals surface area contributed by atoms with Crippen LogP contribution in [0.5, 0.6) is 0 Å². The van der Waals surface area contributed by atoms with Gasteiger partial charge in [-0.15, -0.1) is 11.3 Å². The molecule has 4 heteroatoms. The maximum absolute atomic E-state index is 12.4. The molecule has 3 nitrogen and oxygen atoms in total. The number of amides is 1. The van der Waals surface area contributed by atoms with Crippen molar-refractivity contribution in [1.82, 2.24) is 9.88 Å². The summed E-state index contributed by atoms with van der Waals surface area (Å²) in [6, 6.07) is 8.41. The van der Waals surface area contributed by atoms with E-state index in [0.29, 0.717) is 6.42 Å². The number of carbonyl (C=O) groups excluding carboxylic acids is 1. The van der Waals surface area contributed by atoms with Crippen LogP contribution in [0.15, 0.2) is 24.3 Å². The molecule has 0 bridgehead atoms. The molecule has 0 N–H and O–H groups in total. The molecule has 0 radical (unpaired) electrons. The van der Waals surface area contributed by atoms with E-state index < -0.39 is 0 Å². The van der Waals surface area contributed by atoms with Crippen molar-refractivity contribution in [1.29, 1.82) is 0 Å². The van der Waals surface area contributed by atoms with E-state index in [1.165, 1.54) is 16.0 Å². The topological polar surface area (TPSA) is 33.2 Å². The molecule has 1 aliphatic heterocycles. The maximum Gasteiger partial charge on any atom is 0.223 e. The molecule has 0 aliphatic carbocycles. The summed E-state index contributed by atoms with van der Waals surface area (Å²) in [5.41, 5.74) is 3.76. The lowest BCUT2D eigenvalue weighted by Gasteiger charge is -2.28. The van der Waals surface area contributed by atoms with Gasteiger partial charge in [-0.05, 0) is 31.4 Å². The zero-order chi connectivity index (χ0) is 14.8. The monoisotopic (exact) mass is 300 g/mol. The molecule has 0 spiro atoms. The number of nitrogens with zero attached hydrogens (tertiary/aromatic N) is 2. The fraction of sp³-hybridized carbons (Fsp3) is 0.412. The average Bonchev–Trinajstić information content (AvgIpc) is 2.83. The molecule has 0 fully saturated rings. The molecule has 0 atom stereocenters. The van der Waals surface area contributed by atoms with Crippen LogP contribution in [0.25, 0.3) is 0 Å². The van der Waals surface area contributed by atoms with Crippen molar-refractivity contribution in [2.45, 2.75) is 39.7 Å². The van der Waals surface area contributed by atoms with Crippen molar-refractivity contribution in [2.24, 2.45) is 0 Å². The summed E-state index contributed by atoms with van der Waals surface area (Å²) in [4.78, 5) is 20.1. The molecule has 21 heavy (non-hydrogen) atoms. The Hall–Kier alpha value is -1.68. The molecule has 1 aromatic heterocycles. The summed E-state index contributed by atoms with van der Waals surface area (Å²) in [6.07, 6.45) is 2.29. The second kappa shape index (κ2) is 5.98. The summed E-state index contributed by atoms with van der Waals surface area (Å²) in [5.74, 6) is 0.245. The third kappa shape index (κ3) is 3.16. The van der Waals surface area contributed by atoms with Gasteiger partial charge in [0.25, 0.3) is 0 Å². The van der Waals surface area contributed by atoms with E-state index in [4.69, 9.17) is 0 Å². The summed E-state index contributed by atoms with van der Waals surface area (Å²) in [7, 11) is 0. The molecule has 1 aliphatic rings. The Kier molecular flexibility index (Phi) is 4.06. The van der Waals surface area contributed by atoms with Crippen LogP contribution in [0.1, 0.15) is 33.1 Å². The zero-order valence-electron chi connectivity index (χ0n) is 12.6. The first kappa shape index (κ1) is 14.3. The summed E-state index contributed by atoms with van der Waals surface area (Å²) in [6.45, 7) is 5.70. The third-order valence-electron chi connectivity index (χ3n) is 4.11. The van der Waals surface area contributed by atoms with Gasteiger partial charge >= 0.3 is 0 Å². The van der Waals surface area contributed by atoms with Gasteiger partial charge in [-0.25, -0.2) is 4.98 Å². The Labute approximate surface area is 129 Å². The van der Waals surface area contributed by atoms with E-state index in [9.17, 15) is 4.79 Å². The number of aromatic nitrogens is 1. The van der Waals surface area contributed by atoms with Gasteiger partial charge in [0.1, 0.15) is 0 Å². The molecule has 0 unspecified atom stereocenters. The lowest BCUT2D eigenvalue weighted by molar-refractivity contribution is -0.132. The Morgan fingerprint density at radius 2 is 2.05 bits per heavy atom. The van der Waals surface area contributed by atoms with Crippen molar-refractivity contribution in [3.8, 4) is 0 Å². The predicted molar refractivity (Wildman–Crippen MR) is 85.5 cm³/mol.